The van der Waals surface area contributed by atoms with Crippen molar-refractivity contribution in [2.24, 2.45) is 0 Å². The quantitative estimate of drug-likeness (QED) is 0.630. The van der Waals surface area contributed by atoms with Crippen molar-refractivity contribution < 1.29 is 0 Å². The summed E-state index contributed by atoms with van der Waals surface area (Å²) in [5.74, 6) is 0.801. The number of nitrogens with one attached hydrogen (secondary N) is 1. The highest BCUT2D eigenvalue weighted by molar-refractivity contribution is 5.13. The lowest BCUT2D eigenvalue weighted by molar-refractivity contribution is 0.443. The molecule has 1 radical (unpaired) electrons. The number of rotatable bonds is 1. The summed E-state index contributed by atoms with van der Waals surface area (Å²) in [6.07, 6.45) is 12.1. The van der Waals surface area contributed by atoms with Crippen molar-refractivity contribution in [2.75, 3.05) is 0 Å². The highest BCUT2D eigenvalue weighted by atomic mass is 14.6. The first-order chi connectivity index (χ1) is 5.47. The van der Waals surface area contributed by atoms with Crippen LogP contribution in [0, 0.1) is 6.20 Å². The number of H-pyrrole nitrogens is 1. The fourth-order valence-electron chi connectivity index (χ4n) is 1.95. The topological polar surface area (TPSA) is 15.8 Å². The Kier molecular flexibility index (Phi) is 1.97. The van der Waals surface area contributed by atoms with Crippen molar-refractivity contribution in [1.82, 2.24) is 4.98 Å². The number of hydrogen-bond acceptors (Lipinski definition) is 0. The summed E-state index contributed by atoms with van der Waals surface area (Å²) in [6.45, 7) is 0. The molecule has 1 heterocycles. The molecule has 1 aromatic rings. The predicted molar refractivity (Wildman–Crippen MR) is 45.5 cm³/mol. The molecule has 0 saturated heterocycles. The summed E-state index contributed by atoms with van der Waals surface area (Å²) in [7, 11) is 0. The molecule has 11 heavy (non-hydrogen) atoms. The molecule has 1 saturated carbocycles. The maximum atomic E-state index is 3.18. The van der Waals surface area contributed by atoms with Gasteiger partial charge in [0.25, 0.3) is 0 Å². The maximum Gasteiger partial charge on any atom is 0.0657 e. The zero-order valence-electron chi connectivity index (χ0n) is 6.77. The lowest BCUT2D eigenvalue weighted by Crippen LogP contribution is -2.03. The van der Waals surface area contributed by atoms with Gasteiger partial charge in [0.1, 0.15) is 0 Å². The van der Waals surface area contributed by atoms with Crippen LogP contribution in [0.15, 0.2) is 12.3 Å². The van der Waals surface area contributed by atoms with E-state index >= 15 is 0 Å². The first kappa shape index (κ1) is 6.96. The van der Waals surface area contributed by atoms with Crippen LogP contribution < -0.4 is 0 Å². The minimum atomic E-state index is 0.801. The highest BCUT2D eigenvalue weighted by Gasteiger charge is 2.15. The number of aromatic amines is 1. The third-order valence-corrected chi connectivity index (χ3v) is 2.61. The highest BCUT2D eigenvalue weighted by Crippen LogP contribution is 2.31. The van der Waals surface area contributed by atoms with E-state index in [1.165, 1.54) is 37.7 Å². The minimum Gasteiger partial charge on any atom is -0.360 e. The summed E-state index contributed by atoms with van der Waals surface area (Å²) >= 11 is 0. The molecule has 1 aromatic heterocycles. The molecule has 1 nitrogen and oxygen atoms in total. The number of hydrogen-bond donors (Lipinski definition) is 1. The molecule has 1 heteroatoms. The van der Waals surface area contributed by atoms with E-state index < -0.39 is 0 Å². The van der Waals surface area contributed by atoms with Crippen LogP contribution in [0.1, 0.15) is 43.6 Å². The average molecular weight is 148 g/mol. The second-order valence-corrected chi connectivity index (χ2v) is 3.39. The first-order valence-electron chi connectivity index (χ1n) is 4.52. The Morgan fingerprint density at radius 1 is 1.27 bits per heavy atom. The van der Waals surface area contributed by atoms with Gasteiger partial charge in [-0.3, -0.25) is 0 Å². The van der Waals surface area contributed by atoms with Crippen molar-refractivity contribution in [1.29, 1.82) is 0 Å². The lowest BCUT2D eigenvalue weighted by atomic mass is 9.85. The summed E-state index contributed by atoms with van der Waals surface area (Å²) in [6, 6.07) is 2.16. The molecule has 0 bridgehead atoms. The van der Waals surface area contributed by atoms with Gasteiger partial charge in [0, 0.05) is 6.20 Å². The summed E-state index contributed by atoms with van der Waals surface area (Å²) in [5.41, 5.74) is 1.39. The van der Waals surface area contributed by atoms with E-state index in [2.05, 4.69) is 17.2 Å². The van der Waals surface area contributed by atoms with E-state index in [-0.39, 0.29) is 0 Å². The Morgan fingerprint density at radius 2 is 2.09 bits per heavy atom. The molecule has 2 rings (SSSR count). The fraction of sp³-hybridized carbons (Fsp3) is 0.600. The fourth-order valence-corrected chi connectivity index (χ4v) is 1.95. The van der Waals surface area contributed by atoms with E-state index in [0.29, 0.717) is 0 Å². The van der Waals surface area contributed by atoms with Crippen LogP contribution in [0.2, 0.25) is 0 Å². The van der Waals surface area contributed by atoms with Gasteiger partial charge in [0.05, 0.1) is 6.20 Å². The molecule has 59 valence electrons. The van der Waals surface area contributed by atoms with Crippen molar-refractivity contribution in [3.63, 3.8) is 0 Å². The van der Waals surface area contributed by atoms with Gasteiger partial charge in [0.15, 0.2) is 0 Å². The van der Waals surface area contributed by atoms with Gasteiger partial charge in [-0.05, 0) is 30.4 Å². The minimum absolute atomic E-state index is 0.801. The second kappa shape index (κ2) is 3.12. The maximum absolute atomic E-state index is 3.18. The Morgan fingerprint density at radius 3 is 2.73 bits per heavy atom. The van der Waals surface area contributed by atoms with Crippen LogP contribution in [0.5, 0.6) is 0 Å². The molecule has 0 aromatic carbocycles. The molecule has 0 spiro atoms. The third kappa shape index (κ3) is 1.47. The van der Waals surface area contributed by atoms with E-state index in [1.54, 1.807) is 0 Å². The van der Waals surface area contributed by atoms with Crippen LogP contribution in [-0.2, 0) is 0 Å². The monoisotopic (exact) mass is 148 g/mol. The Labute approximate surface area is 67.8 Å². The molecule has 0 aliphatic heterocycles. The van der Waals surface area contributed by atoms with Crippen molar-refractivity contribution in [3.05, 3.63) is 24.0 Å². The molecule has 1 fully saturated rings. The summed E-state index contributed by atoms with van der Waals surface area (Å²) in [4.78, 5) is 3.00. The standard InChI is InChI=1S/C10H14N/c1-2-4-9(5-3-1)10-6-7-11-8-10/h6-7,9,11H,1-5H2. The van der Waals surface area contributed by atoms with E-state index in [0.717, 1.165) is 5.92 Å². The molecule has 0 atom stereocenters. The number of aromatic nitrogens is 1. The molecule has 1 aliphatic rings. The van der Waals surface area contributed by atoms with E-state index in [9.17, 15) is 0 Å². The van der Waals surface area contributed by atoms with E-state index in [4.69, 9.17) is 0 Å². The molecule has 0 unspecified atom stereocenters. The smallest absolute Gasteiger partial charge is 0.0657 e. The molecule has 1 aliphatic carbocycles. The van der Waals surface area contributed by atoms with Gasteiger partial charge in [-0.1, -0.05) is 19.3 Å². The van der Waals surface area contributed by atoms with Gasteiger partial charge in [-0.15, -0.1) is 0 Å². The largest absolute Gasteiger partial charge is 0.360 e. The zero-order valence-corrected chi connectivity index (χ0v) is 6.77. The Balaban J connectivity index is 2.04. The van der Waals surface area contributed by atoms with Crippen LogP contribution in [0.25, 0.3) is 0 Å². The second-order valence-electron chi connectivity index (χ2n) is 3.39. The van der Waals surface area contributed by atoms with Gasteiger partial charge in [0.2, 0.25) is 0 Å². The summed E-state index contributed by atoms with van der Waals surface area (Å²) < 4.78 is 0. The molecular weight excluding hydrogens is 134 g/mol. The van der Waals surface area contributed by atoms with Crippen molar-refractivity contribution >= 4 is 0 Å². The third-order valence-electron chi connectivity index (χ3n) is 2.61. The SMILES string of the molecule is [c]1[nH]ccc1C1CCCCC1. The molecular formula is C10H14N. The molecule has 1 N–H and O–H groups in total. The van der Waals surface area contributed by atoms with Gasteiger partial charge in [-0.2, -0.15) is 0 Å². The van der Waals surface area contributed by atoms with E-state index in [1.807, 2.05) is 6.20 Å². The van der Waals surface area contributed by atoms with Gasteiger partial charge < -0.3 is 4.98 Å². The van der Waals surface area contributed by atoms with Crippen LogP contribution in [0.4, 0.5) is 0 Å². The summed E-state index contributed by atoms with van der Waals surface area (Å²) in [5, 5.41) is 0. The first-order valence-corrected chi connectivity index (χ1v) is 4.52. The van der Waals surface area contributed by atoms with Gasteiger partial charge in [-0.25, -0.2) is 0 Å². The lowest BCUT2D eigenvalue weighted by Gasteiger charge is -2.19. The predicted octanol–water partition coefficient (Wildman–Crippen LogP) is 2.86. The normalized spacial score (nSPS) is 20.4. The molecule has 0 amide bonds. The van der Waals surface area contributed by atoms with Crippen LogP contribution in [0.3, 0.4) is 0 Å². The average Bonchev–Trinajstić information content (AvgIpc) is 2.58. The van der Waals surface area contributed by atoms with Crippen LogP contribution in [-0.4, -0.2) is 4.98 Å². The van der Waals surface area contributed by atoms with Crippen molar-refractivity contribution in [2.45, 2.75) is 38.0 Å². The Hall–Kier alpha value is -0.720. The van der Waals surface area contributed by atoms with Crippen LogP contribution >= 0.6 is 0 Å². The van der Waals surface area contributed by atoms with Gasteiger partial charge >= 0.3 is 0 Å². The zero-order chi connectivity index (χ0) is 7.52. The van der Waals surface area contributed by atoms with Crippen molar-refractivity contribution in [3.8, 4) is 0 Å². The Bertz CT molecular complexity index is 195.